The Morgan fingerprint density at radius 1 is 1.56 bits per heavy atom. The highest BCUT2D eigenvalue weighted by molar-refractivity contribution is 5.82. The predicted molar refractivity (Wildman–Crippen MR) is 68.2 cm³/mol. The van der Waals surface area contributed by atoms with Crippen LogP contribution in [0, 0.1) is 0 Å². The molecule has 0 aliphatic carbocycles. The SMILES string of the molecule is COC1CNC(C(=O)NCCc2ccncc2)C1. The van der Waals surface area contributed by atoms with Crippen molar-refractivity contribution in [2.75, 3.05) is 20.2 Å². The third-order valence-electron chi connectivity index (χ3n) is 3.20. The van der Waals surface area contributed by atoms with Crippen molar-refractivity contribution < 1.29 is 9.53 Å². The summed E-state index contributed by atoms with van der Waals surface area (Å²) in [7, 11) is 1.68. The quantitative estimate of drug-likeness (QED) is 0.778. The lowest BCUT2D eigenvalue weighted by Gasteiger charge is -2.11. The zero-order valence-corrected chi connectivity index (χ0v) is 10.6. The maximum atomic E-state index is 11.9. The molecule has 0 bridgehead atoms. The molecule has 2 unspecified atom stereocenters. The molecule has 2 heterocycles. The largest absolute Gasteiger partial charge is 0.380 e. The van der Waals surface area contributed by atoms with E-state index in [1.807, 2.05) is 12.1 Å². The van der Waals surface area contributed by atoms with E-state index in [9.17, 15) is 4.79 Å². The van der Waals surface area contributed by atoms with Gasteiger partial charge in [-0.05, 0) is 30.5 Å². The first kappa shape index (κ1) is 13.0. The van der Waals surface area contributed by atoms with Crippen LogP contribution in [0.2, 0.25) is 0 Å². The summed E-state index contributed by atoms with van der Waals surface area (Å²) in [6.45, 7) is 1.40. The first-order valence-electron chi connectivity index (χ1n) is 6.22. The molecular weight excluding hydrogens is 230 g/mol. The van der Waals surface area contributed by atoms with Gasteiger partial charge < -0.3 is 15.4 Å². The van der Waals surface area contributed by atoms with Gasteiger partial charge >= 0.3 is 0 Å². The topological polar surface area (TPSA) is 63.2 Å². The number of rotatable bonds is 5. The number of carbonyl (C=O) groups excluding carboxylic acids is 1. The average molecular weight is 249 g/mol. The lowest BCUT2D eigenvalue weighted by Crippen LogP contribution is -2.41. The number of carbonyl (C=O) groups is 1. The molecule has 18 heavy (non-hydrogen) atoms. The normalized spacial score (nSPS) is 22.9. The highest BCUT2D eigenvalue weighted by Gasteiger charge is 2.28. The van der Waals surface area contributed by atoms with E-state index in [-0.39, 0.29) is 18.1 Å². The standard InChI is InChI=1S/C13H19N3O2/c1-18-11-8-12(16-9-11)13(17)15-7-4-10-2-5-14-6-3-10/h2-3,5-6,11-12,16H,4,7-9H2,1H3,(H,15,17). The van der Waals surface area contributed by atoms with Crippen molar-refractivity contribution in [1.82, 2.24) is 15.6 Å². The summed E-state index contributed by atoms with van der Waals surface area (Å²) in [4.78, 5) is 15.8. The van der Waals surface area contributed by atoms with Gasteiger partial charge in [0.25, 0.3) is 0 Å². The Balaban J connectivity index is 1.69. The minimum atomic E-state index is -0.118. The molecule has 98 valence electrons. The van der Waals surface area contributed by atoms with Crippen LogP contribution >= 0.6 is 0 Å². The van der Waals surface area contributed by atoms with E-state index in [0.717, 1.165) is 19.4 Å². The maximum absolute atomic E-state index is 11.9. The van der Waals surface area contributed by atoms with Gasteiger partial charge in [0.05, 0.1) is 12.1 Å². The Labute approximate surface area is 107 Å². The predicted octanol–water partition coefficient (Wildman–Crippen LogP) is 0.117. The van der Waals surface area contributed by atoms with Crippen molar-refractivity contribution in [3.05, 3.63) is 30.1 Å². The molecule has 1 aromatic heterocycles. The number of pyridine rings is 1. The summed E-state index contributed by atoms with van der Waals surface area (Å²) >= 11 is 0. The van der Waals surface area contributed by atoms with E-state index in [4.69, 9.17) is 4.74 Å². The van der Waals surface area contributed by atoms with Crippen molar-refractivity contribution >= 4 is 5.91 Å². The Morgan fingerprint density at radius 2 is 2.33 bits per heavy atom. The summed E-state index contributed by atoms with van der Waals surface area (Å²) in [6.07, 6.45) is 5.25. The lowest BCUT2D eigenvalue weighted by atomic mass is 10.1. The Kier molecular flexibility index (Phi) is 4.66. The molecule has 5 heteroatoms. The van der Waals surface area contributed by atoms with E-state index in [2.05, 4.69) is 15.6 Å². The number of nitrogens with zero attached hydrogens (tertiary/aromatic N) is 1. The third-order valence-corrected chi connectivity index (χ3v) is 3.20. The second-order valence-corrected chi connectivity index (χ2v) is 4.45. The molecule has 0 saturated carbocycles. The van der Waals surface area contributed by atoms with E-state index < -0.39 is 0 Å². The summed E-state index contributed by atoms with van der Waals surface area (Å²) in [6, 6.07) is 3.80. The van der Waals surface area contributed by atoms with Gasteiger partial charge in [-0.3, -0.25) is 9.78 Å². The molecule has 2 N–H and O–H groups in total. The number of amides is 1. The van der Waals surface area contributed by atoms with Crippen LogP contribution in [-0.4, -0.2) is 43.2 Å². The fourth-order valence-electron chi connectivity index (χ4n) is 2.09. The summed E-state index contributed by atoms with van der Waals surface area (Å²) in [5.41, 5.74) is 1.18. The zero-order chi connectivity index (χ0) is 12.8. The molecule has 1 aliphatic heterocycles. The number of hydrogen-bond acceptors (Lipinski definition) is 4. The number of ether oxygens (including phenoxy) is 1. The molecule has 1 aromatic rings. The Bertz CT molecular complexity index is 383. The fourth-order valence-corrected chi connectivity index (χ4v) is 2.09. The monoisotopic (exact) mass is 249 g/mol. The molecule has 5 nitrogen and oxygen atoms in total. The fraction of sp³-hybridized carbons (Fsp3) is 0.538. The van der Waals surface area contributed by atoms with Gasteiger partial charge in [-0.15, -0.1) is 0 Å². The molecule has 2 rings (SSSR count). The minimum absolute atomic E-state index is 0.0589. The number of aromatic nitrogens is 1. The third kappa shape index (κ3) is 3.51. The van der Waals surface area contributed by atoms with Crippen LogP contribution in [0.5, 0.6) is 0 Å². The average Bonchev–Trinajstić information content (AvgIpc) is 2.89. The van der Waals surface area contributed by atoms with Crippen LogP contribution in [0.15, 0.2) is 24.5 Å². The molecule has 1 fully saturated rings. The summed E-state index contributed by atoms with van der Waals surface area (Å²) < 4.78 is 5.22. The van der Waals surface area contributed by atoms with Crippen molar-refractivity contribution in [3.8, 4) is 0 Å². The minimum Gasteiger partial charge on any atom is -0.380 e. The van der Waals surface area contributed by atoms with Crippen LogP contribution in [0.3, 0.4) is 0 Å². The molecule has 1 saturated heterocycles. The van der Waals surface area contributed by atoms with Crippen LogP contribution in [0.1, 0.15) is 12.0 Å². The Hall–Kier alpha value is -1.46. The van der Waals surface area contributed by atoms with Crippen LogP contribution in [0.4, 0.5) is 0 Å². The van der Waals surface area contributed by atoms with Crippen LogP contribution in [0.25, 0.3) is 0 Å². The molecule has 1 aliphatic rings. The molecular formula is C13H19N3O2. The van der Waals surface area contributed by atoms with E-state index in [0.29, 0.717) is 6.54 Å². The molecule has 0 spiro atoms. The number of hydrogen-bond donors (Lipinski definition) is 2. The van der Waals surface area contributed by atoms with E-state index >= 15 is 0 Å². The second-order valence-electron chi connectivity index (χ2n) is 4.45. The lowest BCUT2D eigenvalue weighted by molar-refractivity contribution is -0.122. The highest BCUT2D eigenvalue weighted by atomic mass is 16.5. The number of nitrogens with one attached hydrogen (secondary N) is 2. The van der Waals surface area contributed by atoms with Gasteiger partial charge in [-0.2, -0.15) is 0 Å². The Morgan fingerprint density at radius 3 is 3.00 bits per heavy atom. The first-order valence-corrected chi connectivity index (χ1v) is 6.22. The van der Waals surface area contributed by atoms with Crippen molar-refractivity contribution in [1.29, 1.82) is 0 Å². The van der Waals surface area contributed by atoms with Gasteiger partial charge in [-0.25, -0.2) is 0 Å². The van der Waals surface area contributed by atoms with Crippen molar-refractivity contribution in [3.63, 3.8) is 0 Å². The van der Waals surface area contributed by atoms with Gasteiger partial charge in [-0.1, -0.05) is 0 Å². The smallest absolute Gasteiger partial charge is 0.237 e. The zero-order valence-electron chi connectivity index (χ0n) is 10.6. The summed E-state index contributed by atoms with van der Waals surface area (Å²) in [5.74, 6) is 0.0589. The van der Waals surface area contributed by atoms with Gasteiger partial charge in [0.15, 0.2) is 0 Å². The van der Waals surface area contributed by atoms with E-state index in [1.165, 1.54) is 5.56 Å². The first-order chi connectivity index (χ1) is 8.79. The molecule has 0 radical (unpaired) electrons. The van der Waals surface area contributed by atoms with Crippen LogP contribution < -0.4 is 10.6 Å². The van der Waals surface area contributed by atoms with E-state index in [1.54, 1.807) is 19.5 Å². The summed E-state index contributed by atoms with van der Waals surface area (Å²) in [5, 5.41) is 6.10. The van der Waals surface area contributed by atoms with Crippen molar-refractivity contribution in [2.24, 2.45) is 0 Å². The molecule has 2 atom stereocenters. The molecule has 1 amide bonds. The van der Waals surface area contributed by atoms with Crippen molar-refractivity contribution in [2.45, 2.75) is 25.0 Å². The van der Waals surface area contributed by atoms with Gasteiger partial charge in [0.2, 0.25) is 5.91 Å². The maximum Gasteiger partial charge on any atom is 0.237 e. The second kappa shape index (κ2) is 6.47. The highest BCUT2D eigenvalue weighted by Crippen LogP contribution is 2.09. The number of methoxy groups -OCH3 is 1. The van der Waals surface area contributed by atoms with Gasteiger partial charge in [0, 0.05) is 32.6 Å². The van der Waals surface area contributed by atoms with Crippen LogP contribution in [-0.2, 0) is 16.0 Å². The molecule has 0 aromatic carbocycles. The van der Waals surface area contributed by atoms with Gasteiger partial charge in [0.1, 0.15) is 0 Å².